The number of rotatable bonds is 14. The van der Waals surface area contributed by atoms with Gasteiger partial charge in [-0.25, -0.2) is 34.9 Å². The van der Waals surface area contributed by atoms with Gasteiger partial charge in [0.1, 0.15) is 23.3 Å². The highest BCUT2D eigenvalue weighted by Crippen LogP contribution is 2.24. The fraction of sp³-hybridized carbons (Fsp3) is 0.0930. The van der Waals surface area contributed by atoms with E-state index in [0.29, 0.717) is 57.2 Å². The van der Waals surface area contributed by atoms with Crippen LogP contribution in [0.15, 0.2) is 160 Å². The lowest BCUT2D eigenvalue weighted by atomic mass is 10.2. The smallest absolute Gasteiger partial charge is 0.149 e. The molecule has 15 heteroatoms. The van der Waals surface area contributed by atoms with Crippen LogP contribution in [0.2, 0.25) is 0 Å². The van der Waals surface area contributed by atoms with E-state index in [9.17, 15) is 0 Å². The largest absolute Gasteiger partial charge is 0.251 e. The Balaban J connectivity index is 1.00. The molecule has 58 heavy (non-hydrogen) atoms. The third-order valence-corrected chi connectivity index (χ3v) is 8.40. The van der Waals surface area contributed by atoms with E-state index in [2.05, 4.69) is 40.3 Å². The molecule has 0 aliphatic heterocycles. The standard InChI is InChI=1S/C43H39N15/c1-55(40-22-5-7-26-44-40)46-28-32-14-9-16-34(50-32)30-48-57(3)42-24-12-20-38(53-42)36-18-11-19-37(52-36)39-21-13-25-43(54-39)58(4)49-31-35-17-10-15-33(51-35)29-47-56(2)41-23-6-8-27-45-41/h5-31H,1-4H3/b46-28-,47-29+,48-30+,49-31+. The highest BCUT2D eigenvalue weighted by Gasteiger charge is 2.10. The first-order chi connectivity index (χ1) is 28.4. The van der Waals surface area contributed by atoms with E-state index in [-0.39, 0.29) is 0 Å². The summed E-state index contributed by atoms with van der Waals surface area (Å²) in [7, 11) is 7.33. The molecular formula is C43H39N15. The minimum Gasteiger partial charge on any atom is -0.251 e. The van der Waals surface area contributed by atoms with E-state index in [1.807, 2.05) is 156 Å². The van der Waals surface area contributed by atoms with Crippen molar-refractivity contribution in [3.05, 3.63) is 163 Å². The van der Waals surface area contributed by atoms with Crippen LogP contribution in [-0.2, 0) is 0 Å². The quantitative estimate of drug-likeness (QED) is 0.0863. The van der Waals surface area contributed by atoms with Gasteiger partial charge < -0.3 is 0 Å². The van der Waals surface area contributed by atoms with Crippen LogP contribution in [0.3, 0.4) is 0 Å². The van der Waals surface area contributed by atoms with Crippen LogP contribution < -0.4 is 20.0 Å². The van der Waals surface area contributed by atoms with Crippen molar-refractivity contribution in [2.24, 2.45) is 20.4 Å². The molecule has 0 fully saturated rings. The molecule has 15 nitrogen and oxygen atoms in total. The molecule has 0 unspecified atom stereocenters. The summed E-state index contributed by atoms with van der Waals surface area (Å²) in [5.41, 5.74) is 5.49. The van der Waals surface area contributed by atoms with Crippen LogP contribution in [0, 0.1) is 0 Å². The number of hydrogen-bond acceptors (Lipinski definition) is 15. The lowest BCUT2D eigenvalue weighted by Gasteiger charge is -2.14. The first kappa shape index (κ1) is 38.2. The fourth-order valence-electron chi connectivity index (χ4n) is 5.35. The predicted molar refractivity (Wildman–Crippen MR) is 232 cm³/mol. The van der Waals surface area contributed by atoms with Crippen LogP contribution in [0.5, 0.6) is 0 Å². The Labute approximate surface area is 336 Å². The maximum atomic E-state index is 4.92. The van der Waals surface area contributed by atoms with Gasteiger partial charge in [-0.3, -0.25) is 20.0 Å². The molecule has 0 amide bonds. The highest BCUT2D eigenvalue weighted by atomic mass is 15.5. The number of nitrogens with zero attached hydrogens (tertiary/aromatic N) is 15. The molecule has 0 saturated heterocycles. The lowest BCUT2D eigenvalue weighted by molar-refractivity contribution is 0.977. The second kappa shape index (κ2) is 18.5. The average Bonchev–Trinajstić information content (AvgIpc) is 3.29. The Kier molecular flexibility index (Phi) is 12.2. The Hall–Kier alpha value is -8.07. The van der Waals surface area contributed by atoms with Gasteiger partial charge in [-0.2, -0.15) is 20.4 Å². The summed E-state index contributed by atoms with van der Waals surface area (Å²) in [5.74, 6) is 2.74. The summed E-state index contributed by atoms with van der Waals surface area (Å²) in [5, 5.41) is 24.8. The number of hydrazone groups is 4. The molecule has 0 saturated carbocycles. The van der Waals surface area contributed by atoms with Crippen LogP contribution in [0.4, 0.5) is 23.3 Å². The first-order valence-corrected chi connectivity index (χ1v) is 18.2. The van der Waals surface area contributed by atoms with E-state index >= 15 is 0 Å². The molecule has 286 valence electrons. The van der Waals surface area contributed by atoms with Crippen molar-refractivity contribution >= 4 is 48.1 Å². The van der Waals surface area contributed by atoms with Crippen molar-refractivity contribution < 1.29 is 0 Å². The topological polar surface area (TPSA) is 153 Å². The van der Waals surface area contributed by atoms with Crippen molar-refractivity contribution in [1.82, 2.24) is 34.9 Å². The molecule has 0 aliphatic rings. The predicted octanol–water partition coefficient (Wildman–Crippen LogP) is 6.67. The summed E-state index contributed by atoms with van der Waals surface area (Å²) in [6.45, 7) is 0. The molecule has 0 N–H and O–H groups in total. The van der Waals surface area contributed by atoms with Crippen LogP contribution in [0.1, 0.15) is 22.8 Å². The maximum absolute atomic E-state index is 4.92. The Morgan fingerprint density at radius 2 is 0.638 bits per heavy atom. The highest BCUT2D eigenvalue weighted by molar-refractivity contribution is 5.83. The third kappa shape index (κ3) is 10.2. The molecule has 0 spiro atoms. The fourth-order valence-corrected chi connectivity index (χ4v) is 5.35. The SMILES string of the molecule is CN(/N=C\c1cccc(/C=N/N(C)c2cccc(-c3cccc(-c4cccc(N(C)/N=C/c5cccc(/C=N/N(C)c6ccccn6)n5)n4)n3)n2)n1)c1ccccn1. The van der Waals surface area contributed by atoms with E-state index < -0.39 is 0 Å². The molecule has 7 rings (SSSR count). The monoisotopic (exact) mass is 765 g/mol. The first-order valence-electron chi connectivity index (χ1n) is 18.2. The number of aromatic nitrogens is 7. The number of hydrogen-bond donors (Lipinski definition) is 0. The van der Waals surface area contributed by atoms with Gasteiger partial charge in [-0.05, 0) is 84.9 Å². The Morgan fingerprint density at radius 1 is 0.328 bits per heavy atom. The molecule has 0 bridgehead atoms. The summed E-state index contributed by atoms with van der Waals surface area (Å²) < 4.78 is 0. The molecule has 7 aromatic rings. The van der Waals surface area contributed by atoms with E-state index in [4.69, 9.17) is 15.0 Å². The van der Waals surface area contributed by atoms with Crippen molar-refractivity contribution in [2.75, 3.05) is 48.2 Å². The van der Waals surface area contributed by atoms with Gasteiger partial charge in [0.2, 0.25) is 0 Å². The zero-order valence-corrected chi connectivity index (χ0v) is 32.3. The molecule has 7 aromatic heterocycles. The van der Waals surface area contributed by atoms with Crippen molar-refractivity contribution in [3.63, 3.8) is 0 Å². The van der Waals surface area contributed by atoms with E-state index in [1.165, 1.54) is 0 Å². The minimum atomic E-state index is 0.638. The van der Waals surface area contributed by atoms with Crippen molar-refractivity contribution in [3.8, 4) is 22.8 Å². The Bertz CT molecular complexity index is 2390. The normalized spacial score (nSPS) is 11.5. The second-order valence-electron chi connectivity index (χ2n) is 12.6. The van der Waals surface area contributed by atoms with Crippen LogP contribution in [0.25, 0.3) is 22.8 Å². The van der Waals surface area contributed by atoms with Gasteiger partial charge in [0.25, 0.3) is 0 Å². The summed E-state index contributed by atoms with van der Waals surface area (Å²) >= 11 is 0. The summed E-state index contributed by atoms with van der Waals surface area (Å²) in [6.07, 6.45) is 10.2. The maximum Gasteiger partial charge on any atom is 0.149 e. The van der Waals surface area contributed by atoms with Crippen molar-refractivity contribution in [2.45, 2.75) is 0 Å². The molecule has 0 atom stereocenters. The van der Waals surface area contributed by atoms with Gasteiger partial charge in [0.05, 0.1) is 70.4 Å². The summed E-state index contributed by atoms with van der Waals surface area (Å²) in [6, 6.07) is 39.9. The third-order valence-electron chi connectivity index (χ3n) is 8.40. The number of anilines is 4. The van der Waals surface area contributed by atoms with Gasteiger partial charge in [-0.15, -0.1) is 0 Å². The molecule has 0 aliphatic carbocycles. The summed E-state index contributed by atoms with van der Waals surface area (Å²) in [4.78, 5) is 32.5. The van der Waals surface area contributed by atoms with E-state index in [0.717, 1.165) is 11.6 Å². The van der Waals surface area contributed by atoms with E-state index in [1.54, 1.807) is 57.3 Å². The van der Waals surface area contributed by atoms with Gasteiger partial charge in [0.15, 0.2) is 0 Å². The average molecular weight is 766 g/mol. The van der Waals surface area contributed by atoms with Crippen molar-refractivity contribution in [1.29, 1.82) is 0 Å². The van der Waals surface area contributed by atoms with Crippen LogP contribution >= 0.6 is 0 Å². The van der Waals surface area contributed by atoms with Gasteiger partial charge >= 0.3 is 0 Å². The molecule has 0 radical (unpaired) electrons. The minimum absolute atomic E-state index is 0.638. The second-order valence-corrected chi connectivity index (χ2v) is 12.6. The Morgan fingerprint density at radius 3 is 1.00 bits per heavy atom. The van der Waals surface area contributed by atoms with Gasteiger partial charge in [0, 0.05) is 40.6 Å². The van der Waals surface area contributed by atoms with Crippen LogP contribution in [-0.4, -0.2) is 87.9 Å². The number of pyridine rings is 7. The molecule has 7 heterocycles. The molecular weight excluding hydrogens is 727 g/mol. The zero-order valence-electron chi connectivity index (χ0n) is 32.3. The molecule has 0 aromatic carbocycles. The van der Waals surface area contributed by atoms with Gasteiger partial charge in [-0.1, -0.05) is 42.5 Å². The lowest BCUT2D eigenvalue weighted by Crippen LogP contribution is -2.12. The zero-order chi connectivity index (χ0) is 40.1.